The van der Waals surface area contributed by atoms with E-state index in [2.05, 4.69) is 0 Å². The fraction of sp³-hybridized carbons (Fsp3) is 0.500. The van der Waals surface area contributed by atoms with Gasteiger partial charge in [0.15, 0.2) is 5.13 Å². The number of piperidine rings is 1. The average molecular weight is 574 g/mol. The number of carbonyl (C=O) groups excluding carboxylic acids is 1. The first kappa shape index (κ1) is 27.8. The average Bonchev–Trinajstić information content (AvgIpc) is 3.65. The number of methoxy groups -OCH3 is 2. The molecular weight excluding hydrogens is 538 g/mol. The quantitative estimate of drug-likeness (QED) is 0.352. The summed E-state index contributed by atoms with van der Waals surface area (Å²) in [5.41, 5.74) is 1.01. The first-order chi connectivity index (χ1) is 18.9. The minimum atomic E-state index is -3.64. The number of aromatic nitrogens is 1. The van der Waals surface area contributed by atoms with E-state index in [0.717, 1.165) is 43.2 Å². The monoisotopic (exact) mass is 573 g/mol. The number of hydrogen-bond donors (Lipinski definition) is 0. The first-order valence-corrected chi connectivity index (χ1v) is 15.7. The van der Waals surface area contributed by atoms with E-state index in [1.807, 2.05) is 13.0 Å². The number of thiazole rings is 1. The molecule has 1 aromatic heterocycles. The molecule has 39 heavy (non-hydrogen) atoms. The van der Waals surface area contributed by atoms with Crippen LogP contribution in [0.4, 0.5) is 5.13 Å². The molecule has 0 N–H and O–H groups in total. The molecule has 2 unspecified atom stereocenters. The van der Waals surface area contributed by atoms with E-state index in [1.54, 1.807) is 53.8 Å². The molecule has 2 fully saturated rings. The molecule has 11 heteroatoms. The summed E-state index contributed by atoms with van der Waals surface area (Å²) in [6, 6.07) is 9.90. The van der Waals surface area contributed by atoms with Gasteiger partial charge in [0.2, 0.25) is 10.0 Å². The van der Waals surface area contributed by atoms with Gasteiger partial charge in [-0.15, -0.1) is 0 Å². The van der Waals surface area contributed by atoms with Crippen LogP contribution in [-0.4, -0.2) is 69.7 Å². The van der Waals surface area contributed by atoms with Crippen LogP contribution >= 0.6 is 11.3 Å². The number of amides is 1. The van der Waals surface area contributed by atoms with Crippen molar-refractivity contribution in [3.8, 4) is 11.5 Å². The number of hydrogen-bond acceptors (Lipinski definition) is 8. The lowest BCUT2D eigenvalue weighted by molar-refractivity contribution is 0.0917. The zero-order chi connectivity index (χ0) is 27.6. The van der Waals surface area contributed by atoms with Gasteiger partial charge in [-0.25, -0.2) is 13.4 Å². The van der Waals surface area contributed by atoms with E-state index in [4.69, 9.17) is 19.2 Å². The van der Waals surface area contributed by atoms with Crippen molar-refractivity contribution in [2.75, 3.05) is 38.8 Å². The van der Waals surface area contributed by atoms with Gasteiger partial charge in [0.1, 0.15) is 21.7 Å². The van der Waals surface area contributed by atoms with Gasteiger partial charge >= 0.3 is 0 Å². The molecule has 0 radical (unpaired) electrons. The second-order valence-electron chi connectivity index (χ2n) is 9.89. The second-order valence-corrected chi connectivity index (χ2v) is 12.8. The molecule has 3 heterocycles. The lowest BCUT2D eigenvalue weighted by Crippen LogP contribution is -2.43. The molecule has 2 aliphatic heterocycles. The molecule has 0 saturated carbocycles. The van der Waals surface area contributed by atoms with Crippen molar-refractivity contribution in [2.45, 2.75) is 62.5 Å². The van der Waals surface area contributed by atoms with Gasteiger partial charge in [-0.3, -0.25) is 9.69 Å². The molecule has 0 aliphatic carbocycles. The number of anilines is 1. The Bertz CT molecular complexity index is 1380. The van der Waals surface area contributed by atoms with E-state index in [-0.39, 0.29) is 22.9 Å². The molecule has 2 aliphatic rings. The van der Waals surface area contributed by atoms with Gasteiger partial charge in [0.25, 0.3) is 5.91 Å². The fourth-order valence-electron chi connectivity index (χ4n) is 5.39. The Labute approximate surface area is 233 Å². The molecule has 1 amide bonds. The van der Waals surface area contributed by atoms with Crippen molar-refractivity contribution in [3.63, 3.8) is 0 Å². The lowest BCUT2D eigenvalue weighted by atomic mass is 10.0. The molecule has 2 aromatic carbocycles. The number of nitrogens with zero attached hydrogens (tertiary/aromatic N) is 3. The third-order valence-corrected chi connectivity index (χ3v) is 10.6. The van der Waals surface area contributed by atoms with Crippen LogP contribution in [0.5, 0.6) is 11.5 Å². The van der Waals surface area contributed by atoms with Crippen molar-refractivity contribution in [2.24, 2.45) is 0 Å². The highest BCUT2D eigenvalue weighted by molar-refractivity contribution is 7.89. The summed E-state index contributed by atoms with van der Waals surface area (Å²) in [5.74, 6) is 0.975. The number of carbonyl (C=O) groups is 1. The Balaban J connectivity index is 1.47. The van der Waals surface area contributed by atoms with Crippen LogP contribution in [0.25, 0.3) is 10.2 Å². The smallest absolute Gasteiger partial charge is 0.260 e. The predicted octanol–water partition coefficient (Wildman–Crippen LogP) is 5.09. The number of ether oxygens (including phenoxy) is 3. The van der Waals surface area contributed by atoms with E-state index >= 15 is 0 Å². The summed E-state index contributed by atoms with van der Waals surface area (Å²) in [5, 5.41) is 0.504. The standard InChI is InChI=1S/C28H35N3O6S2/c1-4-20-8-5-6-16-31(20)39(33,34)22-12-10-19(11-13-22)27(32)30(18-21-9-7-17-37-21)28-29-25-23(35-2)14-15-24(36-3)26(25)38-28/h10-15,20-21H,4-9,16-18H2,1-3H3. The second kappa shape index (κ2) is 11.8. The Morgan fingerprint density at radius 2 is 1.82 bits per heavy atom. The van der Waals surface area contributed by atoms with Crippen molar-refractivity contribution in [3.05, 3.63) is 42.0 Å². The Morgan fingerprint density at radius 3 is 2.49 bits per heavy atom. The van der Waals surface area contributed by atoms with Crippen LogP contribution in [0, 0.1) is 0 Å². The maximum atomic E-state index is 13.9. The third-order valence-electron chi connectivity index (χ3n) is 7.54. The van der Waals surface area contributed by atoms with Crippen molar-refractivity contribution < 1.29 is 27.4 Å². The van der Waals surface area contributed by atoms with Gasteiger partial charge in [0, 0.05) is 24.8 Å². The number of fused-ring (bicyclic) bond motifs is 1. The molecule has 2 saturated heterocycles. The minimum Gasteiger partial charge on any atom is -0.495 e. The van der Waals surface area contributed by atoms with E-state index in [9.17, 15) is 13.2 Å². The van der Waals surface area contributed by atoms with Gasteiger partial charge in [-0.05, 0) is 68.5 Å². The zero-order valence-corrected chi connectivity index (χ0v) is 24.2. The molecule has 5 rings (SSSR count). The maximum absolute atomic E-state index is 13.9. The number of benzene rings is 2. The molecule has 210 valence electrons. The largest absolute Gasteiger partial charge is 0.495 e. The van der Waals surface area contributed by atoms with Gasteiger partial charge in [0.05, 0.1) is 31.8 Å². The first-order valence-electron chi connectivity index (χ1n) is 13.4. The van der Waals surface area contributed by atoms with Crippen molar-refractivity contribution in [1.82, 2.24) is 9.29 Å². The van der Waals surface area contributed by atoms with Crippen LogP contribution in [0.1, 0.15) is 55.8 Å². The van der Waals surface area contributed by atoms with Crippen LogP contribution in [0.2, 0.25) is 0 Å². The maximum Gasteiger partial charge on any atom is 0.260 e. The SMILES string of the molecule is CCC1CCCCN1S(=O)(=O)c1ccc(C(=O)N(CC2CCCO2)c2nc3c(OC)ccc(OC)c3s2)cc1. The summed E-state index contributed by atoms with van der Waals surface area (Å²) in [6.07, 6.45) is 5.26. The molecule has 0 bridgehead atoms. The van der Waals surface area contributed by atoms with E-state index < -0.39 is 10.0 Å². The van der Waals surface area contributed by atoms with Crippen LogP contribution in [-0.2, 0) is 14.8 Å². The summed E-state index contributed by atoms with van der Waals surface area (Å²) in [6.45, 7) is 3.56. The highest BCUT2D eigenvalue weighted by Gasteiger charge is 2.33. The van der Waals surface area contributed by atoms with Gasteiger partial charge in [-0.2, -0.15) is 4.31 Å². The summed E-state index contributed by atoms with van der Waals surface area (Å²) < 4.78 is 46.2. The highest BCUT2D eigenvalue weighted by Crippen LogP contribution is 2.40. The Hall–Kier alpha value is -2.73. The van der Waals surface area contributed by atoms with Crippen LogP contribution < -0.4 is 14.4 Å². The summed E-state index contributed by atoms with van der Waals surface area (Å²) >= 11 is 1.35. The van der Waals surface area contributed by atoms with Crippen LogP contribution in [0.3, 0.4) is 0 Å². The summed E-state index contributed by atoms with van der Waals surface area (Å²) in [7, 11) is -0.463. The van der Waals surface area contributed by atoms with Gasteiger partial charge < -0.3 is 14.2 Å². The molecule has 2 atom stereocenters. The van der Waals surface area contributed by atoms with Crippen molar-refractivity contribution in [1.29, 1.82) is 0 Å². The Morgan fingerprint density at radius 1 is 1.08 bits per heavy atom. The molecular formula is C28H35N3O6S2. The highest BCUT2D eigenvalue weighted by atomic mass is 32.2. The number of rotatable bonds is 9. The lowest BCUT2D eigenvalue weighted by Gasteiger charge is -2.34. The third kappa shape index (κ3) is 5.50. The van der Waals surface area contributed by atoms with E-state index in [0.29, 0.717) is 47.4 Å². The minimum absolute atomic E-state index is 0.0139. The summed E-state index contributed by atoms with van der Waals surface area (Å²) in [4.78, 5) is 20.5. The normalized spacial score (nSPS) is 20.3. The van der Waals surface area contributed by atoms with E-state index in [1.165, 1.54) is 11.3 Å². The van der Waals surface area contributed by atoms with Crippen LogP contribution in [0.15, 0.2) is 41.3 Å². The fourth-order valence-corrected chi connectivity index (χ4v) is 8.24. The zero-order valence-electron chi connectivity index (χ0n) is 22.6. The molecule has 9 nitrogen and oxygen atoms in total. The number of sulfonamides is 1. The Kier molecular flexibility index (Phi) is 8.41. The molecule has 0 spiro atoms. The van der Waals surface area contributed by atoms with Crippen molar-refractivity contribution >= 4 is 42.6 Å². The topological polar surface area (TPSA) is 98.3 Å². The van der Waals surface area contributed by atoms with Gasteiger partial charge in [-0.1, -0.05) is 24.7 Å². The molecule has 3 aromatic rings. The predicted molar refractivity (Wildman–Crippen MR) is 152 cm³/mol.